The second-order valence-electron chi connectivity index (χ2n) is 5.67. The van der Waals surface area contributed by atoms with Crippen molar-refractivity contribution < 1.29 is 14.3 Å². The topological polar surface area (TPSA) is 78.0 Å². The Labute approximate surface area is 134 Å². The Balaban J connectivity index is 2.06. The highest BCUT2D eigenvalue weighted by atomic mass is 19.1. The van der Waals surface area contributed by atoms with Gasteiger partial charge in [0.1, 0.15) is 5.82 Å². The number of rotatable bonds is 8. The van der Waals surface area contributed by atoms with Crippen molar-refractivity contribution in [2.24, 2.45) is 5.41 Å². The molecular weight excluding hydrogens is 297 g/mol. The Hall–Kier alpha value is -2.21. The van der Waals surface area contributed by atoms with Crippen LogP contribution >= 0.6 is 0 Å². The van der Waals surface area contributed by atoms with Crippen LogP contribution in [0, 0.1) is 11.2 Å². The number of nitrogens with one attached hydrogen (secondary N) is 2. The lowest BCUT2D eigenvalue weighted by molar-refractivity contribution is -0.149. The number of aliphatic carboxylic acids is 1. The van der Waals surface area contributed by atoms with Crippen LogP contribution in [0.3, 0.4) is 0 Å². The Kier molecular flexibility index (Phi) is 5.50. The van der Waals surface area contributed by atoms with Crippen LogP contribution in [-0.4, -0.2) is 27.8 Å². The van der Waals surface area contributed by atoms with Crippen LogP contribution < -0.4 is 5.32 Å². The quantitative estimate of drug-likeness (QED) is 0.698. The number of nitrogens with zero attached hydrogens (tertiary/aromatic N) is 1. The minimum atomic E-state index is -0.777. The van der Waals surface area contributed by atoms with Crippen LogP contribution in [0.4, 0.5) is 4.39 Å². The first-order chi connectivity index (χ1) is 11.0. The first-order valence-electron chi connectivity index (χ1n) is 7.74. The zero-order chi connectivity index (χ0) is 16.9. The van der Waals surface area contributed by atoms with E-state index in [0.717, 1.165) is 16.8 Å². The Bertz CT molecular complexity index is 648. The van der Waals surface area contributed by atoms with Gasteiger partial charge in [-0.05, 0) is 37.1 Å². The van der Waals surface area contributed by atoms with E-state index in [2.05, 4.69) is 15.5 Å². The standard InChI is InChI=1S/C17H22FN3O2/c1-3-17(4-2,16(22)23)11-19-9-13-10-20-21-15(13)12-5-7-14(18)8-6-12/h5-8,10,19H,3-4,9,11H2,1-2H3,(H,20,21)(H,22,23). The lowest BCUT2D eigenvalue weighted by Crippen LogP contribution is -2.40. The van der Waals surface area contributed by atoms with Crippen LogP contribution in [0.1, 0.15) is 32.3 Å². The number of carbonyl (C=O) groups is 1. The summed E-state index contributed by atoms with van der Waals surface area (Å²) in [5, 5.41) is 19.6. The van der Waals surface area contributed by atoms with Gasteiger partial charge in [0.15, 0.2) is 0 Å². The predicted molar refractivity (Wildman–Crippen MR) is 86.3 cm³/mol. The summed E-state index contributed by atoms with van der Waals surface area (Å²) in [5.41, 5.74) is 1.82. The lowest BCUT2D eigenvalue weighted by atomic mass is 9.82. The molecule has 23 heavy (non-hydrogen) atoms. The molecule has 1 aromatic carbocycles. The third kappa shape index (κ3) is 3.76. The van der Waals surface area contributed by atoms with Crippen molar-refractivity contribution in [3.05, 3.63) is 41.8 Å². The van der Waals surface area contributed by atoms with Gasteiger partial charge in [-0.2, -0.15) is 5.10 Å². The van der Waals surface area contributed by atoms with Crippen molar-refractivity contribution in [2.75, 3.05) is 6.54 Å². The average Bonchev–Trinajstić information content (AvgIpc) is 3.01. The summed E-state index contributed by atoms with van der Waals surface area (Å²) >= 11 is 0. The van der Waals surface area contributed by atoms with Gasteiger partial charge < -0.3 is 10.4 Å². The van der Waals surface area contributed by atoms with Gasteiger partial charge in [-0.15, -0.1) is 0 Å². The number of carboxylic acid groups (broad SMARTS) is 1. The van der Waals surface area contributed by atoms with Gasteiger partial charge in [0, 0.05) is 24.2 Å². The SMILES string of the molecule is CCC(CC)(CNCc1cn[nH]c1-c1ccc(F)cc1)C(=O)O. The molecule has 5 nitrogen and oxygen atoms in total. The molecule has 0 aliphatic rings. The first-order valence-corrected chi connectivity index (χ1v) is 7.74. The molecule has 6 heteroatoms. The van der Waals surface area contributed by atoms with E-state index in [-0.39, 0.29) is 5.82 Å². The molecule has 0 bridgehead atoms. The summed E-state index contributed by atoms with van der Waals surface area (Å²) < 4.78 is 13.0. The molecule has 1 heterocycles. The molecule has 2 aromatic rings. The summed E-state index contributed by atoms with van der Waals surface area (Å²) in [6.07, 6.45) is 2.84. The molecule has 0 unspecified atom stereocenters. The lowest BCUT2D eigenvalue weighted by Gasteiger charge is -2.27. The second kappa shape index (κ2) is 7.37. The number of halogens is 1. The maximum atomic E-state index is 13.0. The molecule has 124 valence electrons. The van der Waals surface area contributed by atoms with Crippen LogP contribution in [0.15, 0.2) is 30.5 Å². The molecule has 1 aromatic heterocycles. The largest absolute Gasteiger partial charge is 0.481 e. The molecule has 2 rings (SSSR count). The van der Waals surface area contributed by atoms with E-state index in [4.69, 9.17) is 0 Å². The van der Waals surface area contributed by atoms with Gasteiger partial charge in [-0.25, -0.2) is 4.39 Å². The minimum Gasteiger partial charge on any atom is -0.481 e. The van der Waals surface area contributed by atoms with Gasteiger partial charge >= 0.3 is 5.97 Å². The molecule has 0 fully saturated rings. The highest BCUT2D eigenvalue weighted by molar-refractivity contribution is 5.74. The number of H-pyrrole nitrogens is 1. The van der Waals surface area contributed by atoms with Gasteiger partial charge in [0.2, 0.25) is 0 Å². The van der Waals surface area contributed by atoms with Crippen molar-refractivity contribution in [3.8, 4) is 11.3 Å². The number of hydrogen-bond acceptors (Lipinski definition) is 3. The van der Waals surface area contributed by atoms with Gasteiger partial charge in [0.25, 0.3) is 0 Å². The third-order valence-electron chi connectivity index (χ3n) is 4.44. The molecule has 0 atom stereocenters. The predicted octanol–water partition coefficient (Wildman–Crippen LogP) is 3.20. The highest BCUT2D eigenvalue weighted by Gasteiger charge is 2.34. The van der Waals surface area contributed by atoms with Crippen LogP contribution in [0.5, 0.6) is 0 Å². The van der Waals surface area contributed by atoms with Gasteiger partial charge in [-0.3, -0.25) is 9.89 Å². The maximum Gasteiger partial charge on any atom is 0.310 e. The average molecular weight is 319 g/mol. The summed E-state index contributed by atoms with van der Waals surface area (Å²) in [5.74, 6) is -1.06. The van der Waals surface area contributed by atoms with E-state index in [1.165, 1.54) is 12.1 Å². The molecule has 0 radical (unpaired) electrons. The first kappa shape index (κ1) is 17.1. The van der Waals surface area contributed by atoms with E-state index in [9.17, 15) is 14.3 Å². The van der Waals surface area contributed by atoms with Crippen molar-refractivity contribution >= 4 is 5.97 Å². The molecule has 0 aliphatic carbocycles. The van der Waals surface area contributed by atoms with Crippen LogP contribution in [0.2, 0.25) is 0 Å². The van der Waals surface area contributed by atoms with E-state index < -0.39 is 11.4 Å². The highest BCUT2D eigenvalue weighted by Crippen LogP contribution is 2.26. The third-order valence-corrected chi connectivity index (χ3v) is 4.44. The number of aromatic amines is 1. The summed E-state index contributed by atoms with van der Waals surface area (Å²) in [7, 11) is 0. The summed E-state index contributed by atoms with van der Waals surface area (Å²) in [6, 6.07) is 6.17. The van der Waals surface area contributed by atoms with Crippen LogP contribution in [-0.2, 0) is 11.3 Å². The van der Waals surface area contributed by atoms with Crippen molar-refractivity contribution in [3.63, 3.8) is 0 Å². The fraction of sp³-hybridized carbons (Fsp3) is 0.412. The fourth-order valence-corrected chi connectivity index (χ4v) is 2.63. The molecule has 0 aliphatic heterocycles. The molecule has 0 saturated carbocycles. The maximum absolute atomic E-state index is 13.0. The molecule has 0 amide bonds. The zero-order valence-corrected chi connectivity index (χ0v) is 13.4. The van der Waals surface area contributed by atoms with E-state index in [1.807, 2.05) is 13.8 Å². The van der Waals surface area contributed by atoms with E-state index >= 15 is 0 Å². The monoisotopic (exact) mass is 319 g/mol. The minimum absolute atomic E-state index is 0.287. The van der Waals surface area contributed by atoms with E-state index in [0.29, 0.717) is 25.9 Å². The second-order valence-corrected chi connectivity index (χ2v) is 5.67. The molecular formula is C17H22FN3O2. The zero-order valence-electron chi connectivity index (χ0n) is 13.4. The number of benzene rings is 1. The molecule has 3 N–H and O–H groups in total. The number of carboxylic acids is 1. The molecule has 0 saturated heterocycles. The van der Waals surface area contributed by atoms with Crippen molar-refractivity contribution in [1.82, 2.24) is 15.5 Å². The van der Waals surface area contributed by atoms with Crippen LogP contribution in [0.25, 0.3) is 11.3 Å². The van der Waals surface area contributed by atoms with Gasteiger partial charge in [0.05, 0.1) is 17.3 Å². The number of aromatic nitrogens is 2. The number of hydrogen-bond donors (Lipinski definition) is 3. The van der Waals surface area contributed by atoms with Crippen molar-refractivity contribution in [1.29, 1.82) is 0 Å². The summed E-state index contributed by atoms with van der Waals surface area (Å²) in [6.45, 7) is 4.67. The normalized spacial score (nSPS) is 11.6. The summed E-state index contributed by atoms with van der Waals surface area (Å²) in [4.78, 5) is 11.5. The Morgan fingerprint density at radius 3 is 2.52 bits per heavy atom. The molecule has 0 spiro atoms. The smallest absolute Gasteiger partial charge is 0.310 e. The Morgan fingerprint density at radius 2 is 1.96 bits per heavy atom. The fourth-order valence-electron chi connectivity index (χ4n) is 2.63. The van der Waals surface area contributed by atoms with E-state index in [1.54, 1.807) is 18.3 Å². The van der Waals surface area contributed by atoms with Crippen molar-refractivity contribution in [2.45, 2.75) is 33.2 Å². The Morgan fingerprint density at radius 1 is 1.30 bits per heavy atom. The van der Waals surface area contributed by atoms with Gasteiger partial charge in [-0.1, -0.05) is 13.8 Å².